The summed E-state index contributed by atoms with van der Waals surface area (Å²) in [5, 5.41) is 0. The van der Waals surface area contributed by atoms with Crippen molar-refractivity contribution in [2.75, 3.05) is 6.61 Å². The molecule has 0 spiro atoms. The smallest absolute Gasteiger partial charge is 0.128 e. The topological polar surface area (TPSA) is 9.23 Å². The first-order valence-electron chi connectivity index (χ1n) is 6.09. The van der Waals surface area contributed by atoms with Crippen molar-refractivity contribution in [3.8, 4) is 0 Å². The van der Waals surface area contributed by atoms with Gasteiger partial charge in [0.05, 0.1) is 0 Å². The molecule has 0 bridgehead atoms. The van der Waals surface area contributed by atoms with Crippen LogP contribution in [0.25, 0.3) is 11.6 Å². The third-order valence-electron chi connectivity index (χ3n) is 2.97. The molecule has 0 saturated carbocycles. The van der Waals surface area contributed by atoms with E-state index < -0.39 is 0 Å². The second-order valence-corrected chi connectivity index (χ2v) is 4.21. The van der Waals surface area contributed by atoms with Crippen LogP contribution in [0.15, 0.2) is 72.5 Å². The number of benzene rings is 2. The van der Waals surface area contributed by atoms with E-state index in [4.69, 9.17) is 4.74 Å². The van der Waals surface area contributed by atoms with E-state index in [1.54, 1.807) is 0 Å². The quantitative estimate of drug-likeness (QED) is 0.758. The minimum absolute atomic E-state index is 0.656. The molecule has 0 N–H and O–H groups in total. The number of hydrogen-bond acceptors (Lipinski definition) is 1. The monoisotopic (exact) mass is 234 g/mol. The fourth-order valence-corrected chi connectivity index (χ4v) is 2.09. The molecule has 1 aliphatic heterocycles. The lowest BCUT2D eigenvalue weighted by atomic mass is 10.0. The van der Waals surface area contributed by atoms with Crippen molar-refractivity contribution in [3.63, 3.8) is 0 Å². The van der Waals surface area contributed by atoms with E-state index >= 15 is 0 Å². The standard InChI is InChI=1S/C17H14O/c1-3-7-14(8-4-1)13-17-16(11-12-18-17)15-9-5-2-6-10-15/h1-11,13H,12H2. The summed E-state index contributed by atoms with van der Waals surface area (Å²) in [6.45, 7) is 0.656. The maximum absolute atomic E-state index is 5.69. The molecule has 0 aliphatic carbocycles. The van der Waals surface area contributed by atoms with Crippen LogP contribution < -0.4 is 0 Å². The molecule has 2 aromatic carbocycles. The Kier molecular flexibility index (Phi) is 2.97. The van der Waals surface area contributed by atoms with Gasteiger partial charge in [0.1, 0.15) is 12.4 Å². The van der Waals surface area contributed by atoms with E-state index in [9.17, 15) is 0 Å². The molecule has 88 valence electrons. The Morgan fingerprint density at radius 3 is 2.22 bits per heavy atom. The highest BCUT2D eigenvalue weighted by Gasteiger charge is 2.14. The third kappa shape index (κ3) is 2.21. The van der Waals surface area contributed by atoms with Crippen LogP contribution in [0.2, 0.25) is 0 Å². The van der Waals surface area contributed by atoms with Gasteiger partial charge in [-0.25, -0.2) is 0 Å². The Morgan fingerprint density at radius 1 is 0.833 bits per heavy atom. The maximum atomic E-state index is 5.69. The van der Waals surface area contributed by atoms with Gasteiger partial charge >= 0.3 is 0 Å². The normalized spacial score (nSPS) is 16.4. The molecule has 3 rings (SSSR count). The molecule has 0 aromatic heterocycles. The highest BCUT2D eigenvalue weighted by Crippen LogP contribution is 2.30. The van der Waals surface area contributed by atoms with Crippen LogP contribution in [0.1, 0.15) is 11.1 Å². The lowest BCUT2D eigenvalue weighted by Gasteiger charge is -2.06. The molecule has 18 heavy (non-hydrogen) atoms. The summed E-state index contributed by atoms with van der Waals surface area (Å²) in [6.07, 6.45) is 4.22. The number of allylic oxidation sites excluding steroid dienone is 1. The van der Waals surface area contributed by atoms with E-state index in [1.165, 1.54) is 11.1 Å². The zero-order valence-electron chi connectivity index (χ0n) is 10.0. The van der Waals surface area contributed by atoms with Gasteiger partial charge in [-0.05, 0) is 23.3 Å². The molecule has 0 radical (unpaired) electrons. The molecule has 0 amide bonds. The number of rotatable bonds is 2. The van der Waals surface area contributed by atoms with Crippen molar-refractivity contribution in [2.24, 2.45) is 0 Å². The second kappa shape index (κ2) is 4.92. The Morgan fingerprint density at radius 2 is 1.50 bits per heavy atom. The maximum Gasteiger partial charge on any atom is 0.128 e. The van der Waals surface area contributed by atoms with Gasteiger partial charge in [-0.3, -0.25) is 0 Å². The zero-order valence-corrected chi connectivity index (χ0v) is 10.0. The van der Waals surface area contributed by atoms with E-state index in [0.717, 1.165) is 11.3 Å². The Bertz CT molecular complexity index is 580. The summed E-state index contributed by atoms with van der Waals surface area (Å²) >= 11 is 0. The largest absolute Gasteiger partial charge is 0.489 e. The average molecular weight is 234 g/mol. The Hall–Kier alpha value is -2.28. The van der Waals surface area contributed by atoms with Crippen LogP contribution in [0, 0.1) is 0 Å². The van der Waals surface area contributed by atoms with Gasteiger partial charge < -0.3 is 4.74 Å². The lowest BCUT2D eigenvalue weighted by Crippen LogP contribution is -1.87. The first-order chi connectivity index (χ1) is 8.93. The number of ether oxygens (including phenoxy) is 1. The van der Waals surface area contributed by atoms with Crippen LogP contribution in [0.3, 0.4) is 0 Å². The van der Waals surface area contributed by atoms with Crippen LogP contribution >= 0.6 is 0 Å². The van der Waals surface area contributed by atoms with Crippen molar-refractivity contribution in [2.45, 2.75) is 0 Å². The summed E-state index contributed by atoms with van der Waals surface area (Å²) < 4.78 is 5.69. The lowest BCUT2D eigenvalue weighted by molar-refractivity contribution is 0.284. The van der Waals surface area contributed by atoms with Gasteiger partial charge in [0.2, 0.25) is 0 Å². The predicted molar refractivity (Wildman–Crippen MR) is 74.8 cm³/mol. The van der Waals surface area contributed by atoms with Crippen molar-refractivity contribution in [1.29, 1.82) is 0 Å². The molecule has 1 heteroatoms. The average Bonchev–Trinajstić information content (AvgIpc) is 2.89. The molecule has 1 nitrogen and oxygen atoms in total. The molecular formula is C17H14O. The van der Waals surface area contributed by atoms with E-state index in [0.29, 0.717) is 6.61 Å². The summed E-state index contributed by atoms with van der Waals surface area (Å²) in [6, 6.07) is 20.6. The minimum Gasteiger partial charge on any atom is -0.489 e. The highest BCUT2D eigenvalue weighted by atomic mass is 16.5. The summed E-state index contributed by atoms with van der Waals surface area (Å²) in [4.78, 5) is 0. The van der Waals surface area contributed by atoms with E-state index in [1.807, 2.05) is 24.3 Å². The second-order valence-electron chi connectivity index (χ2n) is 4.21. The molecule has 0 atom stereocenters. The zero-order chi connectivity index (χ0) is 12.2. The van der Waals surface area contributed by atoms with Gasteiger partial charge in [-0.15, -0.1) is 0 Å². The molecule has 1 heterocycles. The van der Waals surface area contributed by atoms with Crippen LogP contribution in [0.5, 0.6) is 0 Å². The van der Waals surface area contributed by atoms with Crippen molar-refractivity contribution in [3.05, 3.63) is 83.6 Å². The van der Waals surface area contributed by atoms with Gasteiger partial charge in [0, 0.05) is 5.57 Å². The van der Waals surface area contributed by atoms with Gasteiger partial charge in [0.25, 0.3) is 0 Å². The van der Waals surface area contributed by atoms with Gasteiger partial charge in [-0.1, -0.05) is 60.7 Å². The SMILES string of the molecule is C(=C1OCC=C1c1ccccc1)c1ccccc1. The molecule has 2 aromatic rings. The highest BCUT2D eigenvalue weighted by molar-refractivity contribution is 5.83. The fraction of sp³-hybridized carbons (Fsp3) is 0.0588. The molecule has 0 fully saturated rings. The van der Waals surface area contributed by atoms with Crippen LogP contribution in [-0.4, -0.2) is 6.61 Å². The first-order valence-corrected chi connectivity index (χ1v) is 6.09. The Labute approximate surface area is 107 Å². The van der Waals surface area contributed by atoms with E-state index in [2.05, 4.69) is 48.6 Å². The molecule has 0 unspecified atom stereocenters. The molecule has 0 saturated heterocycles. The molecular weight excluding hydrogens is 220 g/mol. The first kappa shape index (κ1) is 10.8. The minimum atomic E-state index is 0.656. The molecule has 1 aliphatic rings. The van der Waals surface area contributed by atoms with Crippen molar-refractivity contribution < 1.29 is 4.74 Å². The number of hydrogen-bond donors (Lipinski definition) is 0. The summed E-state index contributed by atoms with van der Waals surface area (Å²) in [5.41, 5.74) is 3.55. The van der Waals surface area contributed by atoms with Crippen molar-refractivity contribution in [1.82, 2.24) is 0 Å². The summed E-state index contributed by atoms with van der Waals surface area (Å²) in [5.74, 6) is 0.951. The predicted octanol–water partition coefficient (Wildman–Crippen LogP) is 4.14. The Balaban J connectivity index is 1.95. The fourth-order valence-electron chi connectivity index (χ4n) is 2.09. The third-order valence-corrected chi connectivity index (χ3v) is 2.97. The van der Waals surface area contributed by atoms with E-state index in [-0.39, 0.29) is 0 Å². The van der Waals surface area contributed by atoms with Crippen LogP contribution in [0.4, 0.5) is 0 Å². The van der Waals surface area contributed by atoms with Crippen molar-refractivity contribution >= 4 is 11.6 Å². The van der Waals surface area contributed by atoms with Gasteiger partial charge in [-0.2, -0.15) is 0 Å². The van der Waals surface area contributed by atoms with Crippen LogP contribution in [-0.2, 0) is 4.74 Å². The van der Waals surface area contributed by atoms with Gasteiger partial charge in [0.15, 0.2) is 0 Å². The summed E-state index contributed by atoms with van der Waals surface area (Å²) in [7, 11) is 0.